The number of methoxy groups -OCH3 is 1. The number of anilines is 2. The van der Waals surface area contributed by atoms with Gasteiger partial charge < -0.3 is 20.3 Å². The number of rotatable bonds is 7. The van der Waals surface area contributed by atoms with E-state index in [0.29, 0.717) is 30.3 Å². The van der Waals surface area contributed by atoms with Crippen LogP contribution in [0.3, 0.4) is 0 Å². The molecule has 0 aliphatic carbocycles. The molecule has 0 spiro atoms. The van der Waals surface area contributed by atoms with E-state index in [1.807, 2.05) is 36.4 Å². The van der Waals surface area contributed by atoms with Crippen LogP contribution in [-0.2, 0) is 11.3 Å². The first-order chi connectivity index (χ1) is 15.1. The Kier molecular flexibility index (Phi) is 6.42. The van der Waals surface area contributed by atoms with Gasteiger partial charge in [-0.25, -0.2) is 4.98 Å². The predicted molar refractivity (Wildman–Crippen MR) is 119 cm³/mol. The molecule has 9 heteroatoms. The summed E-state index contributed by atoms with van der Waals surface area (Å²) < 4.78 is 5.23. The molecule has 31 heavy (non-hydrogen) atoms. The summed E-state index contributed by atoms with van der Waals surface area (Å²) in [4.78, 5) is 35.8. The summed E-state index contributed by atoms with van der Waals surface area (Å²) in [6.07, 6.45) is 4.83. The Morgan fingerprint density at radius 2 is 2.19 bits per heavy atom. The number of hydrogen-bond donors (Lipinski definition) is 2. The minimum absolute atomic E-state index is 0.153. The number of nitrogens with one attached hydrogen (secondary N) is 2. The van der Waals surface area contributed by atoms with E-state index >= 15 is 0 Å². The normalized spacial score (nSPS) is 15.5. The van der Waals surface area contributed by atoms with Gasteiger partial charge in [-0.1, -0.05) is 12.1 Å². The zero-order valence-corrected chi connectivity index (χ0v) is 17.9. The van der Waals surface area contributed by atoms with E-state index in [0.717, 1.165) is 23.4 Å². The van der Waals surface area contributed by atoms with Crippen molar-refractivity contribution in [1.29, 1.82) is 0 Å². The molecule has 8 nitrogen and oxygen atoms in total. The lowest BCUT2D eigenvalue weighted by Crippen LogP contribution is -2.45. The standard InChI is InChI=1S/C22H23N5O3S/c1-30-17-7-2-6-16(11-17)25-22-26-18(14-31-22)21(29)27-10-4-8-19(27)20(28)24-13-15-5-3-9-23-12-15/h2-3,5-7,9,11-12,14,19H,4,8,10,13H2,1H3,(H,24,28)(H,25,26). The molecular formula is C22H23N5O3S. The molecule has 3 heterocycles. The van der Waals surface area contributed by atoms with Gasteiger partial charge in [-0.05, 0) is 36.6 Å². The molecule has 3 aromatic rings. The van der Waals surface area contributed by atoms with Gasteiger partial charge in [0.05, 0.1) is 7.11 Å². The van der Waals surface area contributed by atoms with Crippen molar-refractivity contribution in [2.75, 3.05) is 19.0 Å². The Bertz CT molecular complexity index is 1060. The van der Waals surface area contributed by atoms with E-state index in [9.17, 15) is 9.59 Å². The maximum atomic E-state index is 13.0. The van der Waals surface area contributed by atoms with Crippen LogP contribution in [-0.4, -0.2) is 46.4 Å². The minimum atomic E-state index is -0.485. The number of carbonyl (C=O) groups excluding carboxylic acids is 2. The van der Waals surface area contributed by atoms with Crippen molar-refractivity contribution in [3.05, 3.63) is 65.4 Å². The number of hydrogen-bond acceptors (Lipinski definition) is 7. The maximum Gasteiger partial charge on any atom is 0.274 e. The summed E-state index contributed by atoms with van der Waals surface area (Å²) in [6.45, 7) is 0.927. The zero-order chi connectivity index (χ0) is 21.6. The van der Waals surface area contributed by atoms with Gasteiger partial charge in [0, 0.05) is 42.6 Å². The number of benzene rings is 1. The van der Waals surface area contributed by atoms with Crippen molar-refractivity contribution in [2.24, 2.45) is 0 Å². The first kappa shape index (κ1) is 20.8. The van der Waals surface area contributed by atoms with E-state index in [-0.39, 0.29) is 11.8 Å². The molecule has 2 aromatic heterocycles. The highest BCUT2D eigenvalue weighted by molar-refractivity contribution is 7.14. The molecular weight excluding hydrogens is 414 g/mol. The number of amides is 2. The Hall–Kier alpha value is -3.46. The molecule has 2 N–H and O–H groups in total. The fourth-order valence-corrected chi connectivity index (χ4v) is 4.20. The quantitative estimate of drug-likeness (QED) is 0.589. The number of ether oxygens (including phenoxy) is 1. The topological polar surface area (TPSA) is 96.5 Å². The Labute approximate surface area is 184 Å². The Morgan fingerprint density at radius 3 is 3.00 bits per heavy atom. The molecule has 0 saturated carbocycles. The van der Waals surface area contributed by atoms with Crippen LogP contribution in [0.5, 0.6) is 5.75 Å². The van der Waals surface area contributed by atoms with Gasteiger partial charge in [0.25, 0.3) is 5.91 Å². The van der Waals surface area contributed by atoms with E-state index in [2.05, 4.69) is 20.6 Å². The molecule has 4 rings (SSSR count). The smallest absolute Gasteiger partial charge is 0.274 e. The number of pyridine rings is 1. The third-order valence-corrected chi connectivity index (χ3v) is 5.81. The molecule has 1 fully saturated rings. The van der Waals surface area contributed by atoms with Crippen LogP contribution in [0.4, 0.5) is 10.8 Å². The van der Waals surface area contributed by atoms with Gasteiger partial charge in [0.1, 0.15) is 17.5 Å². The summed E-state index contributed by atoms with van der Waals surface area (Å²) in [6, 6.07) is 10.7. The van der Waals surface area contributed by atoms with Crippen LogP contribution in [0.15, 0.2) is 54.2 Å². The van der Waals surface area contributed by atoms with Crippen LogP contribution in [0.1, 0.15) is 28.9 Å². The molecule has 1 aliphatic rings. The lowest BCUT2D eigenvalue weighted by Gasteiger charge is -2.23. The van der Waals surface area contributed by atoms with Crippen LogP contribution in [0.25, 0.3) is 0 Å². The fraction of sp³-hybridized carbons (Fsp3) is 0.273. The van der Waals surface area contributed by atoms with Crippen LogP contribution in [0.2, 0.25) is 0 Å². The van der Waals surface area contributed by atoms with Crippen molar-refractivity contribution in [3.8, 4) is 5.75 Å². The second kappa shape index (κ2) is 9.57. The highest BCUT2D eigenvalue weighted by Crippen LogP contribution is 2.26. The second-order valence-corrected chi connectivity index (χ2v) is 7.99. The molecule has 2 amide bonds. The third-order valence-electron chi connectivity index (χ3n) is 5.05. The van der Waals surface area contributed by atoms with E-state index < -0.39 is 6.04 Å². The van der Waals surface area contributed by atoms with Gasteiger partial charge in [-0.3, -0.25) is 14.6 Å². The summed E-state index contributed by atoms with van der Waals surface area (Å²) in [5.74, 6) is 0.351. The van der Waals surface area contributed by atoms with E-state index in [4.69, 9.17) is 4.74 Å². The molecule has 1 saturated heterocycles. The first-order valence-corrected chi connectivity index (χ1v) is 10.9. The summed E-state index contributed by atoms with van der Waals surface area (Å²) >= 11 is 1.34. The maximum absolute atomic E-state index is 13.0. The number of nitrogens with zero attached hydrogens (tertiary/aromatic N) is 3. The van der Waals surface area contributed by atoms with Crippen molar-refractivity contribution < 1.29 is 14.3 Å². The number of likely N-dealkylation sites (tertiary alicyclic amines) is 1. The van der Waals surface area contributed by atoms with Gasteiger partial charge in [0.15, 0.2) is 5.13 Å². The van der Waals surface area contributed by atoms with Crippen LogP contribution in [0, 0.1) is 0 Å². The van der Waals surface area contributed by atoms with Gasteiger partial charge in [-0.15, -0.1) is 11.3 Å². The van der Waals surface area contributed by atoms with E-state index in [1.165, 1.54) is 11.3 Å². The monoisotopic (exact) mass is 437 g/mol. The largest absolute Gasteiger partial charge is 0.497 e. The zero-order valence-electron chi connectivity index (χ0n) is 17.1. The molecule has 160 valence electrons. The fourth-order valence-electron chi connectivity index (χ4n) is 3.49. The lowest BCUT2D eigenvalue weighted by molar-refractivity contribution is -0.125. The highest BCUT2D eigenvalue weighted by atomic mass is 32.1. The van der Waals surface area contributed by atoms with E-state index in [1.54, 1.807) is 29.8 Å². The SMILES string of the molecule is COc1cccc(Nc2nc(C(=O)N3CCCC3C(=O)NCc3cccnc3)cs2)c1. The summed E-state index contributed by atoms with van der Waals surface area (Å²) in [7, 11) is 1.61. The third kappa shape index (κ3) is 5.00. The predicted octanol–water partition coefficient (Wildman–Crippen LogP) is 3.21. The molecule has 1 unspecified atom stereocenters. The average Bonchev–Trinajstić information content (AvgIpc) is 3.48. The Balaban J connectivity index is 1.39. The van der Waals surface area contributed by atoms with Crippen molar-refractivity contribution in [1.82, 2.24) is 20.2 Å². The molecule has 1 aromatic carbocycles. The van der Waals surface area contributed by atoms with Crippen molar-refractivity contribution >= 4 is 34.0 Å². The summed E-state index contributed by atoms with van der Waals surface area (Å²) in [5.41, 5.74) is 2.07. The van der Waals surface area contributed by atoms with Crippen molar-refractivity contribution in [2.45, 2.75) is 25.4 Å². The Morgan fingerprint density at radius 1 is 1.29 bits per heavy atom. The van der Waals surface area contributed by atoms with Gasteiger partial charge in [-0.2, -0.15) is 0 Å². The molecule has 0 radical (unpaired) electrons. The molecule has 0 bridgehead atoms. The lowest BCUT2D eigenvalue weighted by atomic mass is 10.2. The summed E-state index contributed by atoms with van der Waals surface area (Å²) in [5, 5.41) is 8.42. The average molecular weight is 438 g/mol. The molecule has 1 atom stereocenters. The van der Waals surface area contributed by atoms with Gasteiger partial charge >= 0.3 is 0 Å². The minimum Gasteiger partial charge on any atom is -0.497 e. The number of aromatic nitrogens is 2. The number of thiazole rings is 1. The molecule has 1 aliphatic heterocycles. The van der Waals surface area contributed by atoms with Crippen molar-refractivity contribution in [3.63, 3.8) is 0 Å². The highest BCUT2D eigenvalue weighted by Gasteiger charge is 2.35. The van der Waals surface area contributed by atoms with Crippen LogP contribution < -0.4 is 15.4 Å². The first-order valence-electron chi connectivity index (χ1n) is 9.98. The van der Waals surface area contributed by atoms with Crippen LogP contribution >= 0.6 is 11.3 Å². The second-order valence-electron chi connectivity index (χ2n) is 7.13. The van der Waals surface area contributed by atoms with Gasteiger partial charge in [0.2, 0.25) is 5.91 Å². The number of carbonyl (C=O) groups is 2.